The Morgan fingerprint density at radius 1 is 1.04 bits per heavy atom. The van der Waals surface area contributed by atoms with E-state index in [1.165, 1.54) is 22.3 Å². The first kappa shape index (κ1) is 21.3. The summed E-state index contributed by atoms with van der Waals surface area (Å²) in [5, 5.41) is 3.09. The number of amides is 1. The lowest BCUT2D eigenvalue weighted by atomic mass is 9.82. The lowest BCUT2D eigenvalue weighted by molar-refractivity contribution is -0.120. The first-order valence-corrected chi connectivity index (χ1v) is 10.9. The van der Waals surface area contributed by atoms with Crippen molar-refractivity contribution in [2.75, 3.05) is 6.61 Å². The van der Waals surface area contributed by atoms with Gasteiger partial charge in [0.2, 0.25) is 5.91 Å². The summed E-state index contributed by atoms with van der Waals surface area (Å²) in [7, 11) is 0. The molecule has 2 saturated heterocycles. The van der Waals surface area contributed by atoms with E-state index in [2.05, 4.69) is 65.9 Å². The zero-order valence-corrected chi connectivity index (χ0v) is 18.5. The summed E-state index contributed by atoms with van der Waals surface area (Å²) in [4.78, 5) is 12.0. The number of hydrogen-bond acceptors (Lipinski definition) is 3. The second kappa shape index (κ2) is 8.54. The molecule has 4 atom stereocenters. The van der Waals surface area contributed by atoms with Gasteiger partial charge in [-0.3, -0.25) is 4.79 Å². The molecule has 0 radical (unpaired) electrons. The van der Waals surface area contributed by atoms with E-state index in [9.17, 15) is 4.79 Å². The van der Waals surface area contributed by atoms with E-state index in [-0.39, 0.29) is 30.3 Å². The van der Waals surface area contributed by atoms with Crippen LogP contribution >= 0.6 is 0 Å². The normalized spacial score (nSPS) is 25.6. The molecule has 1 unspecified atom stereocenters. The summed E-state index contributed by atoms with van der Waals surface area (Å²) >= 11 is 0. The van der Waals surface area contributed by atoms with Crippen LogP contribution in [0.2, 0.25) is 0 Å². The highest BCUT2D eigenvalue weighted by molar-refractivity contribution is 5.79. The Morgan fingerprint density at radius 2 is 1.61 bits per heavy atom. The maximum Gasteiger partial charge on any atom is 0.223 e. The highest BCUT2D eigenvalue weighted by Crippen LogP contribution is 2.38. The summed E-state index contributed by atoms with van der Waals surface area (Å²) in [6.07, 6.45) is 1.45. The molecule has 2 fully saturated rings. The number of epoxide rings is 1. The van der Waals surface area contributed by atoms with Gasteiger partial charge in [-0.1, -0.05) is 53.7 Å². The highest BCUT2D eigenvalue weighted by Gasteiger charge is 2.39. The van der Waals surface area contributed by atoms with Crippen LogP contribution in [0.5, 0.6) is 0 Å². The molecule has 28 heavy (non-hydrogen) atoms. The molecule has 1 aromatic carbocycles. The molecule has 0 bridgehead atoms. The van der Waals surface area contributed by atoms with Gasteiger partial charge in [0.25, 0.3) is 0 Å². The standard InChI is InChI=1S/C24H37NO3/c1-13(2)17-8-19(14(3)4)24(20(9-17)15(5)6)16(7)28-22-11-23(26)25-21(22)10-18-12-27-18/h8-9,13-16,18,21-22H,10-12H2,1-7H3,(H,25,26)/t16-,18?,21+,22+/m0/s1. The third kappa shape index (κ3) is 4.77. The van der Waals surface area contributed by atoms with Crippen LogP contribution in [0.15, 0.2) is 12.1 Å². The molecule has 2 aliphatic rings. The topological polar surface area (TPSA) is 50.9 Å². The second-order valence-corrected chi connectivity index (χ2v) is 9.46. The smallest absolute Gasteiger partial charge is 0.223 e. The Hall–Kier alpha value is -1.39. The Balaban J connectivity index is 1.90. The van der Waals surface area contributed by atoms with Crippen molar-refractivity contribution in [3.05, 3.63) is 34.4 Å². The quantitative estimate of drug-likeness (QED) is 0.625. The molecule has 1 amide bonds. The van der Waals surface area contributed by atoms with Crippen molar-refractivity contribution in [2.45, 2.75) is 103 Å². The molecule has 4 heteroatoms. The highest BCUT2D eigenvalue weighted by atomic mass is 16.6. The van der Waals surface area contributed by atoms with E-state index in [4.69, 9.17) is 9.47 Å². The predicted molar refractivity (Wildman–Crippen MR) is 113 cm³/mol. The van der Waals surface area contributed by atoms with Crippen molar-refractivity contribution in [1.29, 1.82) is 0 Å². The van der Waals surface area contributed by atoms with Crippen LogP contribution in [-0.4, -0.2) is 30.8 Å². The van der Waals surface area contributed by atoms with E-state index >= 15 is 0 Å². The summed E-state index contributed by atoms with van der Waals surface area (Å²) in [5.41, 5.74) is 5.46. The molecule has 1 N–H and O–H groups in total. The predicted octanol–water partition coefficient (Wildman–Crippen LogP) is 5.18. The van der Waals surface area contributed by atoms with Crippen molar-refractivity contribution in [2.24, 2.45) is 0 Å². The summed E-state index contributed by atoms with van der Waals surface area (Å²) < 4.78 is 11.9. The monoisotopic (exact) mass is 387 g/mol. The molecular weight excluding hydrogens is 350 g/mol. The van der Waals surface area contributed by atoms with Crippen molar-refractivity contribution >= 4 is 5.91 Å². The van der Waals surface area contributed by atoms with Crippen LogP contribution in [0.3, 0.4) is 0 Å². The summed E-state index contributed by atoms with van der Waals surface area (Å²) in [6, 6.07) is 4.79. The fourth-order valence-electron chi connectivity index (χ4n) is 4.34. The van der Waals surface area contributed by atoms with Crippen LogP contribution < -0.4 is 5.32 Å². The van der Waals surface area contributed by atoms with Gasteiger partial charge in [0.15, 0.2) is 0 Å². The average Bonchev–Trinajstić information content (AvgIpc) is 3.36. The van der Waals surface area contributed by atoms with Gasteiger partial charge in [-0.2, -0.15) is 0 Å². The number of nitrogens with one attached hydrogen (secondary N) is 1. The number of carbonyl (C=O) groups excluding carboxylic acids is 1. The minimum Gasteiger partial charge on any atom is -0.373 e. The maximum atomic E-state index is 12.0. The van der Waals surface area contributed by atoms with E-state index in [1.807, 2.05) is 0 Å². The molecule has 0 saturated carbocycles. The fourth-order valence-corrected chi connectivity index (χ4v) is 4.34. The van der Waals surface area contributed by atoms with E-state index in [0.29, 0.717) is 24.2 Å². The largest absolute Gasteiger partial charge is 0.373 e. The van der Waals surface area contributed by atoms with Crippen LogP contribution in [0.25, 0.3) is 0 Å². The summed E-state index contributed by atoms with van der Waals surface area (Å²) in [5.74, 6) is 1.44. The molecule has 156 valence electrons. The van der Waals surface area contributed by atoms with Gasteiger partial charge >= 0.3 is 0 Å². The number of benzene rings is 1. The molecule has 2 heterocycles. The Kier molecular flexibility index (Phi) is 6.51. The lowest BCUT2D eigenvalue weighted by Crippen LogP contribution is -2.35. The second-order valence-electron chi connectivity index (χ2n) is 9.46. The van der Waals surface area contributed by atoms with Gasteiger partial charge < -0.3 is 14.8 Å². The van der Waals surface area contributed by atoms with Crippen molar-refractivity contribution in [3.63, 3.8) is 0 Å². The molecular formula is C24H37NO3. The third-order valence-electron chi connectivity index (χ3n) is 6.06. The average molecular weight is 388 g/mol. The number of hydrogen-bond donors (Lipinski definition) is 1. The Morgan fingerprint density at radius 3 is 2.07 bits per heavy atom. The molecule has 4 nitrogen and oxygen atoms in total. The van der Waals surface area contributed by atoms with Crippen molar-refractivity contribution in [1.82, 2.24) is 5.32 Å². The Labute approximate surface area is 170 Å². The molecule has 3 rings (SSSR count). The fraction of sp³-hybridized carbons (Fsp3) is 0.708. The zero-order chi connectivity index (χ0) is 20.6. The van der Waals surface area contributed by atoms with E-state index < -0.39 is 0 Å². The Bertz CT molecular complexity index is 677. The van der Waals surface area contributed by atoms with Gasteiger partial charge in [0, 0.05) is 0 Å². The minimum atomic E-state index is -0.0866. The third-order valence-corrected chi connectivity index (χ3v) is 6.06. The van der Waals surface area contributed by atoms with Crippen LogP contribution in [0, 0.1) is 0 Å². The van der Waals surface area contributed by atoms with Gasteiger partial charge in [-0.25, -0.2) is 0 Å². The molecule has 0 spiro atoms. The lowest BCUT2D eigenvalue weighted by Gasteiger charge is -2.29. The van der Waals surface area contributed by atoms with Gasteiger partial charge in [0.05, 0.1) is 37.4 Å². The van der Waals surface area contributed by atoms with Crippen LogP contribution in [0.1, 0.15) is 107 Å². The summed E-state index contributed by atoms with van der Waals surface area (Å²) in [6.45, 7) is 16.5. The SMILES string of the molecule is CC(C)c1cc(C(C)C)c([C@H](C)O[C@@H]2CC(=O)N[C@@H]2CC2CO2)c(C(C)C)c1. The maximum absolute atomic E-state index is 12.0. The first-order chi connectivity index (χ1) is 13.2. The van der Waals surface area contributed by atoms with Gasteiger partial charge in [-0.05, 0) is 53.4 Å². The van der Waals surface area contributed by atoms with Crippen LogP contribution in [0.4, 0.5) is 0 Å². The zero-order valence-electron chi connectivity index (χ0n) is 18.5. The molecule has 0 aliphatic carbocycles. The molecule has 2 aliphatic heterocycles. The minimum absolute atomic E-state index is 0.0451. The molecule has 1 aromatic rings. The van der Waals surface area contributed by atoms with Crippen LogP contribution in [-0.2, 0) is 14.3 Å². The number of ether oxygens (including phenoxy) is 2. The van der Waals surface area contributed by atoms with E-state index in [0.717, 1.165) is 13.0 Å². The number of rotatable bonds is 8. The van der Waals surface area contributed by atoms with Gasteiger partial charge in [-0.15, -0.1) is 0 Å². The van der Waals surface area contributed by atoms with Gasteiger partial charge in [0.1, 0.15) is 0 Å². The number of carbonyl (C=O) groups is 1. The van der Waals surface area contributed by atoms with Crippen molar-refractivity contribution in [3.8, 4) is 0 Å². The first-order valence-electron chi connectivity index (χ1n) is 10.9. The van der Waals surface area contributed by atoms with E-state index in [1.54, 1.807) is 0 Å². The van der Waals surface area contributed by atoms with Crippen molar-refractivity contribution < 1.29 is 14.3 Å². The molecule has 0 aromatic heterocycles.